The molecular weight excluding hydrogens is 318 g/mol. The lowest BCUT2D eigenvalue weighted by Crippen LogP contribution is -2.48. The van der Waals surface area contributed by atoms with Gasteiger partial charge in [-0.3, -0.25) is 14.4 Å². The lowest BCUT2D eigenvalue weighted by Gasteiger charge is -2.14. The minimum Gasteiger partial charge on any atom is -0.468 e. The normalized spacial score (nSPS) is 12.2. The molecule has 1 amide bonds. The lowest BCUT2D eigenvalue weighted by atomic mass is 10.2. The number of amides is 1. The maximum Gasteiger partial charge on any atom is 0.325 e. The molecule has 0 aliphatic heterocycles. The van der Waals surface area contributed by atoms with Crippen LogP contribution >= 0.6 is 0 Å². The Bertz CT molecular complexity index is 341. The first-order valence-corrected chi connectivity index (χ1v) is 7.50. The van der Waals surface area contributed by atoms with E-state index in [-0.39, 0.29) is 12.1 Å². The second kappa shape index (κ2) is 16.2. The molecule has 144 valence electrons. The van der Waals surface area contributed by atoms with E-state index >= 15 is 0 Å². The first-order chi connectivity index (χ1) is 11.0. The molecule has 0 fully saturated rings. The van der Waals surface area contributed by atoms with Gasteiger partial charge in [-0.05, 0) is 41.3 Å². The van der Waals surface area contributed by atoms with E-state index in [9.17, 15) is 14.4 Å². The van der Waals surface area contributed by atoms with Crippen molar-refractivity contribution in [3.63, 3.8) is 0 Å². The van der Waals surface area contributed by atoms with Gasteiger partial charge in [0.1, 0.15) is 18.2 Å². The van der Waals surface area contributed by atoms with Gasteiger partial charge in [-0.15, -0.1) is 0 Å². The molecular formula is C15H33N3O6. The van der Waals surface area contributed by atoms with Gasteiger partial charge in [-0.25, -0.2) is 0 Å². The molecule has 2 atom stereocenters. The van der Waals surface area contributed by atoms with E-state index in [0.29, 0.717) is 6.47 Å². The Hall–Kier alpha value is -1.71. The number of hydrogen-bond acceptors (Lipinski definition) is 8. The number of aliphatic hydroxyl groups is 1. The number of esters is 1. The molecule has 0 aliphatic carbocycles. The fraction of sp³-hybridized carbons (Fsp3) is 0.800. The van der Waals surface area contributed by atoms with Gasteiger partial charge in [0.2, 0.25) is 5.91 Å². The SMILES string of the molecule is CC(C)(C)OC=O.CCNC.COC(=O)CNC(=O)C(N)C(C)O. The maximum atomic E-state index is 11.0. The zero-order valence-electron chi connectivity index (χ0n) is 15.7. The van der Waals surface area contributed by atoms with Crippen molar-refractivity contribution in [3.05, 3.63) is 0 Å². The standard InChI is InChI=1S/C7H14N2O4.C5H10O2.C3H9N/c1-4(10)6(8)7(12)9-3-5(11)13-2;1-5(2,3)7-4-6;1-3-4-2/h4,6,10H,3,8H2,1-2H3,(H,9,12);4H,1-3H3;4H,3H2,1-2H3. The number of nitrogens with one attached hydrogen (secondary N) is 2. The number of rotatable bonds is 6. The summed E-state index contributed by atoms with van der Waals surface area (Å²) >= 11 is 0. The van der Waals surface area contributed by atoms with Crippen LogP contribution in [-0.2, 0) is 23.9 Å². The third kappa shape index (κ3) is 22.6. The fourth-order valence-electron chi connectivity index (χ4n) is 0.713. The molecule has 9 heteroatoms. The third-order valence-corrected chi connectivity index (χ3v) is 2.21. The van der Waals surface area contributed by atoms with Crippen LogP contribution in [-0.4, -0.2) is 68.4 Å². The number of methoxy groups -OCH3 is 1. The highest BCUT2D eigenvalue weighted by molar-refractivity contribution is 5.85. The molecule has 0 spiro atoms. The highest BCUT2D eigenvalue weighted by Crippen LogP contribution is 2.02. The number of ether oxygens (including phenoxy) is 2. The highest BCUT2D eigenvalue weighted by Gasteiger charge is 2.18. The van der Waals surface area contributed by atoms with Crippen molar-refractivity contribution in [2.24, 2.45) is 5.73 Å². The van der Waals surface area contributed by atoms with E-state index in [2.05, 4.69) is 27.0 Å². The van der Waals surface area contributed by atoms with Gasteiger partial charge in [0.25, 0.3) is 6.47 Å². The molecule has 0 saturated heterocycles. The summed E-state index contributed by atoms with van der Waals surface area (Å²) in [6.45, 7) is 10.2. The van der Waals surface area contributed by atoms with Crippen LogP contribution in [0.15, 0.2) is 0 Å². The number of carbonyl (C=O) groups is 3. The summed E-state index contributed by atoms with van der Waals surface area (Å²) in [5.41, 5.74) is 4.96. The van der Waals surface area contributed by atoms with E-state index in [1.807, 2.05) is 27.8 Å². The van der Waals surface area contributed by atoms with Gasteiger partial charge >= 0.3 is 5.97 Å². The Morgan fingerprint density at radius 1 is 1.33 bits per heavy atom. The van der Waals surface area contributed by atoms with E-state index in [0.717, 1.165) is 6.54 Å². The molecule has 0 bridgehead atoms. The van der Waals surface area contributed by atoms with Gasteiger partial charge in [-0.2, -0.15) is 0 Å². The predicted octanol–water partition coefficient (Wildman–Crippen LogP) is -0.833. The molecule has 0 rings (SSSR count). The van der Waals surface area contributed by atoms with Crippen LogP contribution in [0.3, 0.4) is 0 Å². The van der Waals surface area contributed by atoms with Crippen LogP contribution in [0.2, 0.25) is 0 Å². The highest BCUT2D eigenvalue weighted by atomic mass is 16.5. The summed E-state index contributed by atoms with van der Waals surface area (Å²) in [5, 5.41) is 14.1. The predicted molar refractivity (Wildman–Crippen MR) is 91.2 cm³/mol. The Morgan fingerprint density at radius 3 is 2.00 bits per heavy atom. The van der Waals surface area contributed by atoms with Crippen LogP contribution in [0.5, 0.6) is 0 Å². The van der Waals surface area contributed by atoms with Crippen LogP contribution in [0.1, 0.15) is 34.6 Å². The summed E-state index contributed by atoms with van der Waals surface area (Å²) < 4.78 is 8.83. The Morgan fingerprint density at radius 2 is 1.79 bits per heavy atom. The number of hydrogen-bond donors (Lipinski definition) is 4. The average Bonchev–Trinajstić information content (AvgIpc) is 2.50. The molecule has 0 aromatic rings. The Kier molecular flexibility index (Phi) is 18.3. The van der Waals surface area contributed by atoms with Gasteiger partial charge in [0.15, 0.2) is 0 Å². The van der Waals surface area contributed by atoms with Crippen molar-refractivity contribution in [3.8, 4) is 0 Å². The van der Waals surface area contributed by atoms with Gasteiger partial charge in [-0.1, -0.05) is 6.92 Å². The van der Waals surface area contributed by atoms with Crippen molar-refractivity contribution >= 4 is 18.3 Å². The molecule has 9 nitrogen and oxygen atoms in total. The molecule has 0 aromatic carbocycles. The quantitative estimate of drug-likeness (QED) is 0.359. The average molecular weight is 351 g/mol. The molecule has 0 radical (unpaired) electrons. The van der Waals surface area contributed by atoms with Crippen LogP contribution < -0.4 is 16.4 Å². The molecule has 0 aromatic heterocycles. The van der Waals surface area contributed by atoms with E-state index in [1.165, 1.54) is 14.0 Å². The summed E-state index contributed by atoms with van der Waals surface area (Å²) in [7, 11) is 3.14. The van der Waals surface area contributed by atoms with Crippen LogP contribution in [0.4, 0.5) is 0 Å². The summed E-state index contributed by atoms with van der Waals surface area (Å²) in [4.78, 5) is 31.2. The Balaban J connectivity index is -0.000000335. The summed E-state index contributed by atoms with van der Waals surface area (Å²) in [6, 6.07) is -1.02. The molecule has 0 aliphatic rings. The molecule has 5 N–H and O–H groups in total. The van der Waals surface area contributed by atoms with Gasteiger partial charge < -0.3 is 30.9 Å². The maximum absolute atomic E-state index is 11.0. The fourth-order valence-corrected chi connectivity index (χ4v) is 0.713. The Labute approximate surface area is 144 Å². The first-order valence-electron chi connectivity index (χ1n) is 7.50. The van der Waals surface area contributed by atoms with Crippen molar-refractivity contribution < 1.29 is 29.0 Å². The van der Waals surface area contributed by atoms with Crippen molar-refractivity contribution in [1.29, 1.82) is 0 Å². The first kappa shape index (κ1) is 27.2. The third-order valence-electron chi connectivity index (χ3n) is 2.21. The van der Waals surface area contributed by atoms with Gasteiger partial charge in [0, 0.05) is 0 Å². The minimum absolute atomic E-state index is 0.240. The minimum atomic E-state index is -1.02. The van der Waals surface area contributed by atoms with E-state index in [4.69, 9.17) is 10.8 Å². The largest absolute Gasteiger partial charge is 0.468 e. The summed E-state index contributed by atoms with van der Waals surface area (Å²) in [5.74, 6) is -1.15. The van der Waals surface area contributed by atoms with Gasteiger partial charge in [0.05, 0.1) is 13.2 Å². The van der Waals surface area contributed by atoms with E-state index < -0.39 is 24.0 Å². The molecule has 0 heterocycles. The zero-order valence-corrected chi connectivity index (χ0v) is 15.7. The van der Waals surface area contributed by atoms with Crippen molar-refractivity contribution in [2.45, 2.75) is 52.4 Å². The van der Waals surface area contributed by atoms with Crippen LogP contribution in [0, 0.1) is 0 Å². The van der Waals surface area contributed by atoms with Crippen molar-refractivity contribution in [2.75, 3.05) is 27.2 Å². The number of aliphatic hydroxyl groups excluding tert-OH is 1. The molecule has 24 heavy (non-hydrogen) atoms. The number of carbonyl (C=O) groups excluding carboxylic acids is 3. The second-order valence-electron chi connectivity index (χ2n) is 5.59. The smallest absolute Gasteiger partial charge is 0.325 e. The topological polar surface area (TPSA) is 140 Å². The number of nitrogens with two attached hydrogens (primary N) is 1. The monoisotopic (exact) mass is 351 g/mol. The molecule has 0 saturated carbocycles. The molecule has 2 unspecified atom stereocenters. The zero-order chi connectivity index (χ0) is 19.8. The van der Waals surface area contributed by atoms with E-state index in [1.54, 1.807) is 0 Å². The summed E-state index contributed by atoms with van der Waals surface area (Å²) in [6.07, 6.45) is -0.947. The van der Waals surface area contributed by atoms with Crippen LogP contribution in [0.25, 0.3) is 0 Å². The lowest BCUT2D eigenvalue weighted by molar-refractivity contribution is -0.141. The van der Waals surface area contributed by atoms with Crippen molar-refractivity contribution in [1.82, 2.24) is 10.6 Å². The second-order valence-corrected chi connectivity index (χ2v) is 5.59.